The number of likely N-dealkylation sites (N-methyl/N-ethyl adjacent to an activating group) is 1. The summed E-state index contributed by atoms with van der Waals surface area (Å²) in [6.07, 6.45) is 6.52. The van der Waals surface area contributed by atoms with E-state index in [0.29, 0.717) is 26.2 Å². The van der Waals surface area contributed by atoms with Crippen LogP contribution in [0.4, 0.5) is 0 Å². The normalized spacial score (nSPS) is 14.6. The molecule has 0 fully saturated rings. The maximum Gasteiger partial charge on any atom is 0.335 e. The fraction of sp³-hybridized carbons (Fsp3) is 0.405. The van der Waals surface area contributed by atoms with Crippen molar-refractivity contribution < 1.29 is 19.0 Å². The van der Waals surface area contributed by atoms with E-state index in [1.807, 2.05) is 38.1 Å². The Labute approximate surface area is 281 Å². The summed E-state index contributed by atoms with van der Waals surface area (Å²) in [5, 5.41) is 0. The third kappa shape index (κ3) is 9.33. The Morgan fingerprint density at radius 2 is 1.45 bits per heavy atom. The van der Waals surface area contributed by atoms with Crippen molar-refractivity contribution in [2.24, 2.45) is 0 Å². The fourth-order valence-corrected chi connectivity index (χ4v) is 6.69. The summed E-state index contributed by atoms with van der Waals surface area (Å²) in [6, 6.07) is 33.2. The summed E-state index contributed by atoms with van der Waals surface area (Å²) < 4.78 is 17.1. The second kappa shape index (κ2) is 17.3. The first-order chi connectivity index (χ1) is 23.0. The molecule has 47 heavy (non-hydrogen) atoms. The van der Waals surface area contributed by atoms with Gasteiger partial charge in [0.1, 0.15) is 12.4 Å². The van der Waals surface area contributed by atoms with Crippen LogP contribution < -0.4 is 4.74 Å². The Morgan fingerprint density at radius 1 is 0.787 bits per heavy atom. The Morgan fingerprint density at radius 3 is 2.11 bits per heavy atom. The molecule has 0 bridgehead atoms. The first kappa shape index (κ1) is 34.4. The molecule has 0 spiro atoms. The molecule has 0 saturated carbocycles. The number of unbranched alkanes of at least 4 members (excludes halogenated alkanes) is 1. The zero-order valence-electron chi connectivity index (χ0n) is 28.7. The molecule has 0 amide bonds. The summed E-state index contributed by atoms with van der Waals surface area (Å²) in [6.45, 7) is 8.12. The van der Waals surface area contributed by atoms with Crippen LogP contribution in [0.25, 0.3) is 0 Å². The van der Waals surface area contributed by atoms with Crippen LogP contribution in [-0.2, 0) is 46.4 Å². The van der Waals surface area contributed by atoms with E-state index in [4.69, 9.17) is 14.2 Å². The molecule has 2 atom stereocenters. The van der Waals surface area contributed by atoms with Gasteiger partial charge >= 0.3 is 5.97 Å². The highest BCUT2D eigenvalue weighted by Crippen LogP contribution is 2.37. The monoisotopic (exact) mass is 633 g/mol. The van der Waals surface area contributed by atoms with Crippen LogP contribution in [0.3, 0.4) is 0 Å². The van der Waals surface area contributed by atoms with Gasteiger partial charge in [0.2, 0.25) is 0 Å². The number of fused-ring (bicyclic) bond motifs is 2. The van der Waals surface area contributed by atoms with Crippen molar-refractivity contribution >= 4 is 5.97 Å². The van der Waals surface area contributed by atoms with Crippen molar-refractivity contribution in [1.29, 1.82) is 0 Å². The molecule has 0 aromatic heterocycles. The summed E-state index contributed by atoms with van der Waals surface area (Å²) in [5.74, 6) is 0.503. The average Bonchev–Trinajstić information content (AvgIpc) is 3.24. The zero-order chi connectivity index (χ0) is 33.0. The number of carbonyl (C=O) groups excluding carboxylic acids is 1. The van der Waals surface area contributed by atoms with Crippen LogP contribution >= 0.6 is 0 Å². The molecule has 4 aromatic rings. The topological polar surface area (TPSA) is 48.0 Å². The van der Waals surface area contributed by atoms with Gasteiger partial charge in [0.15, 0.2) is 6.10 Å². The SMILES string of the molecule is CCCCc1ccc2c(c1)CCc1cc(Cc3ccccc3)ccc1C2N(C)CCOc1ccc(CC(OCC)C(=O)OCC)cc1. The minimum absolute atomic E-state index is 0.165. The van der Waals surface area contributed by atoms with Gasteiger partial charge in [-0.3, -0.25) is 4.90 Å². The predicted molar refractivity (Wildman–Crippen MR) is 190 cm³/mol. The Hall–Kier alpha value is -3.93. The van der Waals surface area contributed by atoms with Crippen LogP contribution in [0.5, 0.6) is 5.75 Å². The highest BCUT2D eigenvalue weighted by atomic mass is 16.6. The maximum atomic E-state index is 12.3. The molecular weight excluding hydrogens is 582 g/mol. The molecule has 2 unspecified atom stereocenters. The highest BCUT2D eigenvalue weighted by molar-refractivity contribution is 5.75. The second-order valence-corrected chi connectivity index (χ2v) is 12.6. The van der Waals surface area contributed by atoms with E-state index < -0.39 is 6.10 Å². The number of nitrogens with zero attached hydrogens (tertiary/aromatic N) is 1. The summed E-state index contributed by atoms with van der Waals surface area (Å²) >= 11 is 0. The number of rotatable bonds is 16. The fourth-order valence-electron chi connectivity index (χ4n) is 6.69. The van der Waals surface area contributed by atoms with E-state index in [0.717, 1.165) is 43.5 Å². The van der Waals surface area contributed by atoms with Crippen LogP contribution in [0.2, 0.25) is 0 Å². The summed E-state index contributed by atoms with van der Waals surface area (Å²) in [5.41, 5.74) is 10.9. The van der Waals surface area contributed by atoms with Gasteiger partial charge in [-0.1, -0.05) is 92.2 Å². The molecule has 1 aliphatic rings. The molecule has 1 aliphatic carbocycles. The van der Waals surface area contributed by atoms with Crippen molar-refractivity contribution in [3.05, 3.63) is 136 Å². The van der Waals surface area contributed by atoms with Crippen molar-refractivity contribution in [2.75, 3.05) is 33.4 Å². The third-order valence-electron chi connectivity index (χ3n) is 9.15. The number of benzene rings is 4. The lowest BCUT2D eigenvalue weighted by Crippen LogP contribution is -2.30. The Balaban J connectivity index is 1.30. The van der Waals surface area contributed by atoms with Gasteiger partial charge in [0, 0.05) is 19.6 Å². The van der Waals surface area contributed by atoms with Crippen molar-refractivity contribution in [3.63, 3.8) is 0 Å². The first-order valence-electron chi connectivity index (χ1n) is 17.5. The predicted octanol–water partition coefficient (Wildman–Crippen LogP) is 8.33. The molecule has 248 valence electrons. The average molecular weight is 634 g/mol. The van der Waals surface area contributed by atoms with Gasteiger partial charge in [-0.2, -0.15) is 0 Å². The molecule has 0 radical (unpaired) electrons. The molecule has 5 rings (SSSR count). The van der Waals surface area contributed by atoms with Crippen molar-refractivity contribution in [3.8, 4) is 5.75 Å². The quantitative estimate of drug-likeness (QED) is 0.116. The standard InChI is InChI=1S/C42H51NO4/c1-5-8-12-32-17-23-38-35(28-32)19-20-36-29-34(27-31-13-10-9-11-14-31)18-24-39(36)41(38)43(4)25-26-47-37-21-15-33(16-22-37)30-40(45-6-2)42(44)46-7-3/h9-11,13-18,21-24,28-29,40-41H,5-8,12,19-20,25-27,30H2,1-4H3. The van der Waals surface area contributed by atoms with Crippen LogP contribution in [0.15, 0.2) is 91.0 Å². The molecule has 0 N–H and O–H groups in total. The zero-order valence-corrected chi connectivity index (χ0v) is 28.7. The number of aryl methyl sites for hydroxylation is 3. The molecule has 0 saturated heterocycles. The van der Waals surface area contributed by atoms with E-state index in [-0.39, 0.29) is 12.0 Å². The van der Waals surface area contributed by atoms with Crippen molar-refractivity contribution in [1.82, 2.24) is 4.90 Å². The summed E-state index contributed by atoms with van der Waals surface area (Å²) in [4.78, 5) is 14.7. The molecule has 0 heterocycles. The molecular formula is C42H51NO4. The lowest BCUT2D eigenvalue weighted by Gasteiger charge is -2.31. The second-order valence-electron chi connectivity index (χ2n) is 12.6. The van der Waals surface area contributed by atoms with Gasteiger partial charge in [-0.05, 0) is 110 Å². The van der Waals surface area contributed by atoms with Gasteiger partial charge < -0.3 is 14.2 Å². The summed E-state index contributed by atoms with van der Waals surface area (Å²) in [7, 11) is 2.22. The lowest BCUT2D eigenvalue weighted by atomic mass is 9.90. The van der Waals surface area contributed by atoms with Crippen molar-refractivity contribution in [2.45, 2.75) is 77.9 Å². The lowest BCUT2D eigenvalue weighted by molar-refractivity contribution is -0.156. The van der Waals surface area contributed by atoms with Crippen LogP contribution in [-0.4, -0.2) is 50.4 Å². The molecule has 4 aromatic carbocycles. The number of carbonyl (C=O) groups is 1. The largest absolute Gasteiger partial charge is 0.492 e. The van der Waals surface area contributed by atoms with Gasteiger partial charge in [-0.15, -0.1) is 0 Å². The minimum atomic E-state index is -0.595. The minimum Gasteiger partial charge on any atom is -0.492 e. The van der Waals surface area contributed by atoms with Crippen LogP contribution in [0.1, 0.15) is 84.2 Å². The smallest absolute Gasteiger partial charge is 0.335 e. The number of hydrogen-bond acceptors (Lipinski definition) is 5. The highest BCUT2D eigenvalue weighted by Gasteiger charge is 2.27. The van der Waals surface area contributed by atoms with Gasteiger partial charge in [0.25, 0.3) is 0 Å². The van der Waals surface area contributed by atoms with Gasteiger partial charge in [-0.25, -0.2) is 4.79 Å². The maximum absolute atomic E-state index is 12.3. The molecule has 5 heteroatoms. The van der Waals surface area contributed by atoms with E-state index in [1.165, 1.54) is 51.8 Å². The Kier molecular flexibility index (Phi) is 12.7. The van der Waals surface area contributed by atoms with Crippen LogP contribution in [0, 0.1) is 0 Å². The van der Waals surface area contributed by atoms with Gasteiger partial charge in [0.05, 0.1) is 12.6 Å². The van der Waals surface area contributed by atoms with E-state index in [9.17, 15) is 4.79 Å². The third-order valence-corrected chi connectivity index (χ3v) is 9.15. The molecule has 0 aliphatic heterocycles. The number of hydrogen-bond donors (Lipinski definition) is 0. The van der Waals surface area contributed by atoms with E-state index in [2.05, 4.69) is 85.6 Å². The number of esters is 1. The number of ether oxygens (including phenoxy) is 3. The molecule has 5 nitrogen and oxygen atoms in total. The Bertz CT molecular complexity index is 1570. The first-order valence-corrected chi connectivity index (χ1v) is 17.5. The van der Waals surface area contributed by atoms with E-state index >= 15 is 0 Å². The van der Waals surface area contributed by atoms with E-state index in [1.54, 1.807) is 0 Å².